The zero-order valence-corrected chi connectivity index (χ0v) is 16.5. The first-order valence-electron chi connectivity index (χ1n) is 9.10. The predicted molar refractivity (Wildman–Crippen MR) is 111 cm³/mol. The van der Waals surface area contributed by atoms with E-state index in [0.29, 0.717) is 11.4 Å². The lowest BCUT2D eigenvalue weighted by Gasteiger charge is -2.08. The van der Waals surface area contributed by atoms with Crippen molar-refractivity contribution < 1.29 is 28.8 Å². The molecule has 0 saturated heterocycles. The van der Waals surface area contributed by atoms with Crippen molar-refractivity contribution in [2.24, 2.45) is 0 Å². The smallest absolute Gasteiger partial charge is 0.306 e. The molecule has 0 fully saturated rings. The molecule has 0 aromatic heterocycles. The van der Waals surface area contributed by atoms with Crippen LogP contribution in [-0.4, -0.2) is 35.2 Å². The second-order valence-corrected chi connectivity index (χ2v) is 6.32. The Labute approximate surface area is 176 Å². The largest absolute Gasteiger partial charge is 0.456 e. The summed E-state index contributed by atoms with van der Waals surface area (Å²) in [5, 5.41) is 18.3. The second kappa shape index (κ2) is 11.0. The molecule has 2 rings (SSSR count). The number of benzene rings is 2. The first kappa shape index (κ1) is 23.0. The minimum absolute atomic E-state index is 0.154. The summed E-state index contributed by atoms with van der Waals surface area (Å²) in [4.78, 5) is 56.6. The van der Waals surface area contributed by atoms with E-state index in [1.54, 1.807) is 24.3 Å². The van der Waals surface area contributed by atoms with Gasteiger partial charge < -0.3 is 20.7 Å². The molecule has 0 unspecified atom stereocenters. The topological polar surface area (TPSA) is 157 Å². The molecule has 162 valence electrons. The molecule has 0 heterocycles. The molecular formula is C20H20N4O7. The molecule has 0 bridgehead atoms. The summed E-state index contributed by atoms with van der Waals surface area (Å²) in [6, 6.07) is 11.7. The molecule has 0 radical (unpaired) electrons. The zero-order valence-electron chi connectivity index (χ0n) is 16.5. The highest BCUT2D eigenvalue weighted by Crippen LogP contribution is 2.17. The van der Waals surface area contributed by atoms with Gasteiger partial charge in [-0.05, 0) is 30.3 Å². The van der Waals surface area contributed by atoms with Crippen molar-refractivity contribution in [1.29, 1.82) is 0 Å². The van der Waals surface area contributed by atoms with Gasteiger partial charge in [0.15, 0.2) is 6.61 Å². The number of rotatable bonds is 9. The van der Waals surface area contributed by atoms with Gasteiger partial charge in [-0.2, -0.15) is 0 Å². The van der Waals surface area contributed by atoms with Crippen LogP contribution in [0.15, 0.2) is 48.5 Å². The maximum absolute atomic E-state index is 11.9. The molecule has 3 N–H and O–H groups in total. The van der Waals surface area contributed by atoms with E-state index in [1.807, 2.05) is 0 Å². The normalized spacial score (nSPS) is 9.97. The molecule has 11 nitrogen and oxygen atoms in total. The molecule has 31 heavy (non-hydrogen) atoms. The number of carbonyl (C=O) groups is 4. The number of nitrogens with zero attached hydrogens (tertiary/aromatic N) is 1. The summed E-state index contributed by atoms with van der Waals surface area (Å²) < 4.78 is 4.80. The highest BCUT2D eigenvalue weighted by atomic mass is 16.6. The summed E-state index contributed by atoms with van der Waals surface area (Å²) in [6.07, 6.45) is -0.390. The number of nitro groups is 1. The van der Waals surface area contributed by atoms with E-state index in [4.69, 9.17) is 4.74 Å². The molecule has 11 heteroatoms. The molecular weight excluding hydrogens is 408 g/mol. The van der Waals surface area contributed by atoms with Crippen molar-refractivity contribution in [2.45, 2.75) is 19.8 Å². The van der Waals surface area contributed by atoms with Crippen LogP contribution in [0.25, 0.3) is 0 Å². The molecule has 0 saturated carbocycles. The minimum atomic E-state index is -0.745. The molecule has 0 aliphatic carbocycles. The average Bonchev–Trinajstić information content (AvgIpc) is 2.72. The summed E-state index contributed by atoms with van der Waals surface area (Å²) in [5.74, 6) is -2.05. The number of anilines is 3. The van der Waals surface area contributed by atoms with Crippen molar-refractivity contribution >= 4 is 46.4 Å². The average molecular weight is 428 g/mol. The second-order valence-electron chi connectivity index (χ2n) is 6.32. The van der Waals surface area contributed by atoms with Crippen molar-refractivity contribution in [3.05, 3.63) is 58.6 Å². The molecule has 0 aliphatic rings. The quantitative estimate of drug-likeness (QED) is 0.314. The van der Waals surface area contributed by atoms with Crippen LogP contribution in [0.4, 0.5) is 22.7 Å². The Kier molecular flexibility index (Phi) is 8.20. The summed E-state index contributed by atoms with van der Waals surface area (Å²) in [5.41, 5.74) is 1.07. The van der Waals surface area contributed by atoms with Crippen molar-refractivity contribution in [3.8, 4) is 0 Å². The fraction of sp³-hybridized carbons (Fsp3) is 0.200. The van der Waals surface area contributed by atoms with Crippen molar-refractivity contribution in [2.75, 3.05) is 22.6 Å². The molecule has 0 spiro atoms. The Bertz CT molecular complexity index is 989. The van der Waals surface area contributed by atoms with Gasteiger partial charge in [0.2, 0.25) is 11.8 Å². The van der Waals surface area contributed by atoms with E-state index in [0.717, 1.165) is 0 Å². The Morgan fingerprint density at radius 2 is 1.48 bits per heavy atom. The number of amides is 3. The summed E-state index contributed by atoms with van der Waals surface area (Å²) in [7, 11) is 0. The van der Waals surface area contributed by atoms with Crippen LogP contribution in [0.2, 0.25) is 0 Å². The number of ether oxygens (including phenoxy) is 1. The number of nitro benzene ring substituents is 1. The predicted octanol–water partition coefficient (Wildman–Crippen LogP) is 2.45. The lowest BCUT2D eigenvalue weighted by Crippen LogP contribution is -2.21. The molecule has 0 atom stereocenters. The number of nitrogens with one attached hydrogen (secondary N) is 3. The first-order chi connectivity index (χ1) is 14.7. The van der Waals surface area contributed by atoms with E-state index >= 15 is 0 Å². The van der Waals surface area contributed by atoms with Gasteiger partial charge in [0, 0.05) is 42.5 Å². The monoisotopic (exact) mass is 428 g/mol. The van der Waals surface area contributed by atoms with Gasteiger partial charge in [-0.3, -0.25) is 29.3 Å². The third kappa shape index (κ3) is 8.31. The maximum Gasteiger partial charge on any atom is 0.306 e. The SMILES string of the molecule is CC(=O)Nc1ccc(NC(=O)CCC(=O)OCC(=O)Nc2cccc([N+](=O)[O-])c2)cc1. The Morgan fingerprint density at radius 3 is 2.10 bits per heavy atom. The van der Waals surface area contributed by atoms with Crippen LogP contribution in [-0.2, 0) is 23.9 Å². The van der Waals surface area contributed by atoms with Crippen LogP contribution >= 0.6 is 0 Å². The van der Waals surface area contributed by atoms with Gasteiger partial charge in [0.1, 0.15) is 0 Å². The number of non-ortho nitro benzene ring substituents is 1. The third-order valence-electron chi connectivity index (χ3n) is 3.75. The van der Waals surface area contributed by atoms with Gasteiger partial charge in [-0.25, -0.2) is 0 Å². The van der Waals surface area contributed by atoms with E-state index in [2.05, 4.69) is 16.0 Å². The van der Waals surface area contributed by atoms with Crippen LogP contribution < -0.4 is 16.0 Å². The number of hydrogen-bond donors (Lipinski definition) is 3. The van der Waals surface area contributed by atoms with E-state index in [-0.39, 0.29) is 30.1 Å². The van der Waals surface area contributed by atoms with E-state index in [1.165, 1.54) is 31.2 Å². The minimum Gasteiger partial charge on any atom is -0.456 e. The highest BCUT2D eigenvalue weighted by molar-refractivity contribution is 5.95. The van der Waals surface area contributed by atoms with E-state index < -0.39 is 29.3 Å². The van der Waals surface area contributed by atoms with Crippen molar-refractivity contribution in [3.63, 3.8) is 0 Å². The zero-order chi connectivity index (χ0) is 22.8. The molecule has 0 aliphatic heterocycles. The highest BCUT2D eigenvalue weighted by Gasteiger charge is 2.12. The Hall–Kier alpha value is -4.28. The number of hydrogen-bond acceptors (Lipinski definition) is 7. The third-order valence-corrected chi connectivity index (χ3v) is 3.75. The number of esters is 1. The standard InChI is InChI=1S/C20H20N4O7/c1-13(25)21-14-5-7-15(8-6-14)22-18(26)9-10-20(28)31-12-19(27)23-16-3-2-4-17(11-16)24(29)30/h2-8,11H,9-10,12H2,1H3,(H,21,25)(H,22,26)(H,23,27). The number of carbonyl (C=O) groups excluding carboxylic acids is 4. The fourth-order valence-electron chi connectivity index (χ4n) is 2.39. The van der Waals surface area contributed by atoms with Gasteiger partial charge in [0.05, 0.1) is 11.3 Å². The summed E-state index contributed by atoms with van der Waals surface area (Å²) >= 11 is 0. The van der Waals surface area contributed by atoms with Gasteiger partial charge >= 0.3 is 5.97 Å². The molecule has 2 aromatic carbocycles. The fourth-order valence-corrected chi connectivity index (χ4v) is 2.39. The van der Waals surface area contributed by atoms with Gasteiger partial charge in [-0.1, -0.05) is 6.07 Å². The lowest BCUT2D eigenvalue weighted by molar-refractivity contribution is -0.384. The van der Waals surface area contributed by atoms with Crippen LogP contribution in [0.5, 0.6) is 0 Å². The Morgan fingerprint density at radius 1 is 0.871 bits per heavy atom. The van der Waals surface area contributed by atoms with Gasteiger partial charge in [-0.15, -0.1) is 0 Å². The Balaban J connectivity index is 1.70. The van der Waals surface area contributed by atoms with Gasteiger partial charge in [0.25, 0.3) is 11.6 Å². The molecule has 3 amide bonds. The van der Waals surface area contributed by atoms with E-state index in [9.17, 15) is 29.3 Å². The lowest BCUT2D eigenvalue weighted by atomic mass is 10.2. The molecule has 2 aromatic rings. The first-order valence-corrected chi connectivity index (χ1v) is 9.10. The van der Waals surface area contributed by atoms with Crippen LogP contribution in [0.3, 0.4) is 0 Å². The summed E-state index contributed by atoms with van der Waals surface area (Å²) in [6.45, 7) is 0.792. The maximum atomic E-state index is 11.9. The van der Waals surface area contributed by atoms with Crippen LogP contribution in [0, 0.1) is 10.1 Å². The van der Waals surface area contributed by atoms with Crippen LogP contribution in [0.1, 0.15) is 19.8 Å². The van der Waals surface area contributed by atoms with Crippen molar-refractivity contribution in [1.82, 2.24) is 0 Å².